The van der Waals surface area contributed by atoms with Crippen LogP contribution in [0.25, 0.3) is 16.9 Å². The summed E-state index contributed by atoms with van der Waals surface area (Å²) in [6, 6.07) is 9.91. The Bertz CT molecular complexity index is 1690. The van der Waals surface area contributed by atoms with Gasteiger partial charge in [-0.2, -0.15) is 4.98 Å². The van der Waals surface area contributed by atoms with Gasteiger partial charge >= 0.3 is 5.69 Å². The molecule has 0 atom stereocenters. The summed E-state index contributed by atoms with van der Waals surface area (Å²) in [5, 5.41) is 6.00. The van der Waals surface area contributed by atoms with Gasteiger partial charge in [0.2, 0.25) is 17.8 Å². The Hall–Kier alpha value is -5.17. The van der Waals surface area contributed by atoms with Crippen molar-refractivity contribution in [1.82, 2.24) is 24.0 Å². The number of aromatic nitrogens is 4. The SMILES string of the molecule is C=CC(=O)Nc1cc(Nc2nccc(-n3c(=O)n(C)c4cc(C(N)=O)ccc43)n2)c(OC)cc1N(C)CCN(C)C. The molecule has 0 fully saturated rings. The van der Waals surface area contributed by atoms with Gasteiger partial charge in [0.05, 0.1) is 35.2 Å². The number of hydrogen-bond acceptors (Lipinski definition) is 9. The predicted octanol–water partition coefficient (Wildman–Crippen LogP) is 2.09. The monoisotopic (exact) mass is 559 g/mol. The van der Waals surface area contributed by atoms with E-state index in [-0.39, 0.29) is 23.1 Å². The van der Waals surface area contributed by atoms with E-state index in [1.54, 1.807) is 44.5 Å². The number of ether oxygens (including phenoxy) is 1. The average molecular weight is 560 g/mol. The first kappa shape index (κ1) is 28.8. The Morgan fingerprint density at radius 1 is 1.10 bits per heavy atom. The molecule has 214 valence electrons. The zero-order valence-electron chi connectivity index (χ0n) is 23.6. The smallest absolute Gasteiger partial charge is 0.334 e. The molecule has 4 rings (SSSR count). The van der Waals surface area contributed by atoms with Crippen molar-refractivity contribution in [2.45, 2.75) is 0 Å². The first-order valence-corrected chi connectivity index (χ1v) is 12.7. The number of fused-ring (bicyclic) bond motifs is 1. The summed E-state index contributed by atoms with van der Waals surface area (Å²) in [4.78, 5) is 50.1. The lowest BCUT2D eigenvalue weighted by atomic mass is 10.2. The minimum Gasteiger partial charge on any atom is -0.494 e. The highest BCUT2D eigenvalue weighted by Crippen LogP contribution is 2.38. The topological polar surface area (TPSA) is 153 Å². The van der Waals surface area contributed by atoms with Crippen LogP contribution < -0.4 is 31.7 Å². The summed E-state index contributed by atoms with van der Waals surface area (Å²) in [5.41, 5.74) is 8.19. The second-order valence-electron chi connectivity index (χ2n) is 9.60. The van der Waals surface area contributed by atoms with Gasteiger partial charge < -0.3 is 30.9 Å². The fourth-order valence-corrected chi connectivity index (χ4v) is 4.27. The number of amides is 2. The molecule has 0 aliphatic carbocycles. The summed E-state index contributed by atoms with van der Waals surface area (Å²) in [7, 11) is 9.05. The molecule has 41 heavy (non-hydrogen) atoms. The average Bonchev–Trinajstić information content (AvgIpc) is 3.20. The number of hydrogen-bond donors (Lipinski definition) is 3. The molecule has 0 aliphatic heterocycles. The Labute approximate surface area is 236 Å². The first-order chi connectivity index (χ1) is 19.5. The van der Waals surface area contributed by atoms with Gasteiger partial charge in [0.15, 0.2) is 0 Å². The van der Waals surface area contributed by atoms with Crippen molar-refractivity contribution in [2.24, 2.45) is 12.8 Å². The second kappa shape index (κ2) is 11.9. The van der Waals surface area contributed by atoms with Crippen LogP contribution in [0.5, 0.6) is 5.75 Å². The van der Waals surface area contributed by atoms with E-state index < -0.39 is 5.91 Å². The number of nitrogens with one attached hydrogen (secondary N) is 2. The molecule has 0 unspecified atom stereocenters. The molecule has 2 aromatic carbocycles. The molecule has 4 aromatic rings. The molecule has 0 spiro atoms. The number of aryl methyl sites for hydroxylation is 1. The van der Waals surface area contributed by atoms with E-state index in [4.69, 9.17) is 10.5 Å². The van der Waals surface area contributed by atoms with Crippen molar-refractivity contribution in [3.05, 3.63) is 71.3 Å². The number of carbonyl (C=O) groups excluding carboxylic acids is 2. The van der Waals surface area contributed by atoms with Crippen molar-refractivity contribution in [3.63, 3.8) is 0 Å². The quantitative estimate of drug-likeness (QED) is 0.235. The molecular formula is C28H33N9O4. The number of nitrogens with two attached hydrogens (primary N) is 1. The maximum absolute atomic E-state index is 13.2. The van der Waals surface area contributed by atoms with E-state index in [1.165, 1.54) is 21.4 Å². The molecule has 0 radical (unpaired) electrons. The number of benzene rings is 2. The molecule has 2 amide bonds. The summed E-state index contributed by atoms with van der Waals surface area (Å²) < 4.78 is 8.50. The number of imidazole rings is 1. The van der Waals surface area contributed by atoms with Crippen LogP contribution >= 0.6 is 0 Å². The van der Waals surface area contributed by atoms with Gasteiger partial charge in [-0.25, -0.2) is 14.3 Å². The summed E-state index contributed by atoms with van der Waals surface area (Å²) in [6.45, 7) is 5.05. The number of nitrogens with zero attached hydrogens (tertiary/aromatic N) is 6. The lowest BCUT2D eigenvalue weighted by Gasteiger charge is -2.26. The van der Waals surface area contributed by atoms with E-state index in [1.807, 2.05) is 32.1 Å². The summed E-state index contributed by atoms with van der Waals surface area (Å²) in [6.07, 6.45) is 2.71. The minimum absolute atomic E-state index is 0.188. The number of primary amides is 1. The van der Waals surface area contributed by atoms with Crippen LogP contribution in [-0.4, -0.2) is 77.2 Å². The number of methoxy groups -OCH3 is 1. The van der Waals surface area contributed by atoms with Gasteiger partial charge in [-0.3, -0.25) is 14.2 Å². The van der Waals surface area contributed by atoms with Crippen molar-refractivity contribution >= 4 is 45.9 Å². The van der Waals surface area contributed by atoms with Crippen LogP contribution in [0.15, 0.2) is 60.0 Å². The van der Waals surface area contributed by atoms with Gasteiger partial charge in [0.1, 0.15) is 11.6 Å². The van der Waals surface area contributed by atoms with Crippen molar-refractivity contribution in [2.75, 3.05) is 56.9 Å². The van der Waals surface area contributed by atoms with Gasteiger partial charge in [0.25, 0.3) is 0 Å². The van der Waals surface area contributed by atoms with E-state index >= 15 is 0 Å². The third kappa shape index (κ3) is 6.04. The number of likely N-dealkylation sites (N-methyl/N-ethyl adjacent to an activating group) is 2. The predicted molar refractivity (Wildman–Crippen MR) is 160 cm³/mol. The third-order valence-electron chi connectivity index (χ3n) is 6.51. The maximum atomic E-state index is 13.2. The molecule has 4 N–H and O–H groups in total. The second-order valence-corrected chi connectivity index (χ2v) is 9.60. The molecule has 0 aliphatic rings. The first-order valence-electron chi connectivity index (χ1n) is 12.7. The zero-order valence-corrected chi connectivity index (χ0v) is 23.6. The molecule has 13 heteroatoms. The Balaban J connectivity index is 1.75. The zero-order chi connectivity index (χ0) is 29.8. The van der Waals surface area contributed by atoms with Crippen LogP contribution in [0.2, 0.25) is 0 Å². The molecule has 0 bridgehead atoms. The molecule has 13 nitrogen and oxygen atoms in total. The normalized spacial score (nSPS) is 11.0. The van der Waals surface area contributed by atoms with Crippen LogP contribution in [0.4, 0.5) is 23.0 Å². The Kier molecular flexibility index (Phi) is 8.38. The standard InChI is InChI=1S/C28H33N9O4/c1-7-25(38)31-18-15-19(23(41-6)16-21(18)35(4)13-12-34(2)3)32-27-30-11-10-24(33-27)37-20-9-8-17(26(29)39)14-22(20)36(5)28(37)40/h7-11,14-16H,1,12-13H2,2-6H3,(H2,29,39)(H,31,38)(H,30,32,33). The fourth-order valence-electron chi connectivity index (χ4n) is 4.27. The highest BCUT2D eigenvalue weighted by atomic mass is 16.5. The molecule has 2 aromatic heterocycles. The molecular weight excluding hydrogens is 526 g/mol. The largest absolute Gasteiger partial charge is 0.494 e. The maximum Gasteiger partial charge on any atom is 0.334 e. The van der Waals surface area contributed by atoms with E-state index in [2.05, 4.69) is 32.1 Å². The van der Waals surface area contributed by atoms with Crippen molar-refractivity contribution < 1.29 is 14.3 Å². The lowest BCUT2D eigenvalue weighted by molar-refractivity contribution is -0.111. The van der Waals surface area contributed by atoms with Crippen LogP contribution in [0.3, 0.4) is 0 Å². The minimum atomic E-state index is -0.590. The summed E-state index contributed by atoms with van der Waals surface area (Å²) >= 11 is 0. The van der Waals surface area contributed by atoms with Gasteiger partial charge in [-0.05, 0) is 44.4 Å². The van der Waals surface area contributed by atoms with E-state index in [9.17, 15) is 14.4 Å². The van der Waals surface area contributed by atoms with Crippen LogP contribution in [0, 0.1) is 0 Å². The van der Waals surface area contributed by atoms with Gasteiger partial charge in [0, 0.05) is 51.1 Å². The Morgan fingerprint density at radius 3 is 2.51 bits per heavy atom. The van der Waals surface area contributed by atoms with Crippen molar-refractivity contribution in [1.29, 1.82) is 0 Å². The molecule has 0 saturated heterocycles. The molecule has 0 saturated carbocycles. The van der Waals surface area contributed by atoms with Crippen LogP contribution in [0.1, 0.15) is 10.4 Å². The third-order valence-corrected chi connectivity index (χ3v) is 6.51. The highest BCUT2D eigenvalue weighted by molar-refractivity contribution is 6.02. The van der Waals surface area contributed by atoms with E-state index in [0.717, 1.165) is 12.2 Å². The van der Waals surface area contributed by atoms with E-state index in [0.29, 0.717) is 40.5 Å². The highest BCUT2D eigenvalue weighted by Gasteiger charge is 2.18. The van der Waals surface area contributed by atoms with Crippen molar-refractivity contribution in [3.8, 4) is 11.6 Å². The number of carbonyl (C=O) groups is 2. The van der Waals surface area contributed by atoms with Crippen LogP contribution in [-0.2, 0) is 11.8 Å². The number of anilines is 4. The number of rotatable bonds is 11. The Morgan fingerprint density at radius 2 is 1.85 bits per heavy atom. The lowest BCUT2D eigenvalue weighted by Crippen LogP contribution is -2.29. The summed E-state index contributed by atoms with van der Waals surface area (Å²) in [5.74, 6) is 0.0328. The van der Waals surface area contributed by atoms with Gasteiger partial charge in [-0.15, -0.1) is 0 Å². The molecule has 2 heterocycles. The fraction of sp³-hybridized carbons (Fsp3) is 0.250. The van der Waals surface area contributed by atoms with Gasteiger partial charge in [-0.1, -0.05) is 6.58 Å².